The summed E-state index contributed by atoms with van der Waals surface area (Å²) in [6, 6.07) is 3.30. The molecule has 0 aromatic carbocycles. The van der Waals surface area contributed by atoms with Gasteiger partial charge in [-0.25, -0.2) is 4.79 Å². The predicted molar refractivity (Wildman–Crippen MR) is 66.5 cm³/mol. The van der Waals surface area contributed by atoms with Crippen molar-refractivity contribution in [2.75, 3.05) is 26.2 Å². The minimum absolute atomic E-state index is 0. The van der Waals surface area contributed by atoms with Crippen LogP contribution in [0.1, 0.15) is 29.8 Å². The zero-order valence-corrected chi connectivity index (χ0v) is 10.6. The molecule has 0 aliphatic carbocycles. The molecule has 1 aliphatic heterocycles. The van der Waals surface area contributed by atoms with Crippen LogP contribution in [-0.2, 0) is 4.74 Å². The molecular formula is C12H18ClNO3. The maximum Gasteiger partial charge on any atom is 0.374 e. The topological polar surface area (TPSA) is 42.7 Å². The smallest absolute Gasteiger partial charge is 0.374 e. The Kier molecular flexibility index (Phi) is 6.08. The molecule has 2 rings (SSSR count). The Labute approximate surface area is 107 Å². The van der Waals surface area contributed by atoms with Crippen molar-refractivity contribution in [1.82, 2.24) is 4.90 Å². The first kappa shape index (κ1) is 14.1. The molecule has 1 fully saturated rings. The molecule has 1 aromatic heterocycles. The predicted octanol–water partition coefficient (Wildman–Crippen LogP) is 2.34. The standard InChI is InChI=1S/C12H17NO3.ClH/c14-12(11-5-4-9-15-11)16-10-8-13-6-2-1-3-7-13;/h4-5,9H,1-3,6-8,10H2;1H. The number of nitrogens with zero attached hydrogens (tertiary/aromatic N) is 1. The van der Waals surface area contributed by atoms with Crippen molar-refractivity contribution < 1.29 is 13.9 Å². The number of likely N-dealkylation sites (tertiary alicyclic amines) is 1. The fourth-order valence-corrected chi connectivity index (χ4v) is 1.92. The van der Waals surface area contributed by atoms with E-state index in [0.29, 0.717) is 6.61 Å². The Bertz CT molecular complexity index is 321. The van der Waals surface area contributed by atoms with Gasteiger partial charge in [0.15, 0.2) is 0 Å². The number of esters is 1. The summed E-state index contributed by atoms with van der Waals surface area (Å²) in [4.78, 5) is 13.7. The van der Waals surface area contributed by atoms with Gasteiger partial charge in [-0.1, -0.05) is 6.42 Å². The second-order valence-corrected chi connectivity index (χ2v) is 4.02. The summed E-state index contributed by atoms with van der Waals surface area (Å²) in [5.74, 6) is -0.0966. The molecule has 0 unspecified atom stereocenters. The van der Waals surface area contributed by atoms with Crippen LogP contribution in [-0.4, -0.2) is 37.1 Å². The number of piperidine rings is 1. The van der Waals surface area contributed by atoms with Crippen molar-refractivity contribution in [2.24, 2.45) is 0 Å². The molecule has 96 valence electrons. The number of carbonyl (C=O) groups excluding carboxylic acids is 1. The summed E-state index contributed by atoms with van der Waals surface area (Å²) in [6.45, 7) is 3.52. The molecule has 1 aromatic rings. The van der Waals surface area contributed by atoms with Gasteiger partial charge < -0.3 is 9.15 Å². The zero-order valence-electron chi connectivity index (χ0n) is 9.76. The molecule has 5 heteroatoms. The van der Waals surface area contributed by atoms with Gasteiger partial charge in [0.05, 0.1) is 6.26 Å². The molecule has 0 saturated carbocycles. The van der Waals surface area contributed by atoms with Gasteiger partial charge in [0, 0.05) is 6.54 Å². The molecule has 0 radical (unpaired) electrons. The van der Waals surface area contributed by atoms with Crippen molar-refractivity contribution in [1.29, 1.82) is 0 Å². The van der Waals surface area contributed by atoms with Gasteiger partial charge in [0.2, 0.25) is 5.76 Å². The van der Waals surface area contributed by atoms with Crippen LogP contribution < -0.4 is 0 Å². The van der Waals surface area contributed by atoms with E-state index in [1.54, 1.807) is 12.1 Å². The average molecular weight is 260 g/mol. The van der Waals surface area contributed by atoms with Gasteiger partial charge >= 0.3 is 5.97 Å². The normalized spacial score (nSPS) is 16.2. The molecule has 0 N–H and O–H groups in total. The lowest BCUT2D eigenvalue weighted by Gasteiger charge is -2.25. The van der Waals surface area contributed by atoms with Crippen molar-refractivity contribution in [3.05, 3.63) is 24.2 Å². The van der Waals surface area contributed by atoms with E-state index in [1.807, 2.05) is 0 Å². The van der Waals surface area contributed by atoms with E-state index in [2.05, 4.69) is 4.90 Å². The molecule has 1 aliphatic rings. The summed E-state index contributed by atoms with van der Waals surface area (Å²) in [7, 11) is 0. The fourth-order valence-electron chi connectivity index (χ4n) is 1.92. The van der Waals surface area contributed by atoms with Crippen LogP contribution in [0.5, 0.6) is 0 Å². The second kappa shape index (κ2) is 7.35. The number of carbonyl (C=O) groups is 1. The largest absolute Gasteiger partial charge is 0.458 e. The van der Waals surface area contributed by atoms with Crippen molar-refractivity contribution in [3.63, 3.8) is 0 Å². The summed E-state index contributed by atoms with van der Waals surface area (Å²) >= 11 is 0. The van der Waals surface area contributed by atoms with Crippen molar-refractivity contribution >= 4 is 18.4 Å². The maximum absolute atomic E-state index is 11.4. The molecule has 0 spiro atoms. The fraction of sp³-hybridized carbons (Fsp3) is 0.583. The summed E-state index contributed by atoms with van der Waals surface area (Å²) in [5.41, 5.74) is 0. The summed E-state index contributed by atoms with van der Waals surface area (Å²) < 4.78 is 10.1. The van der Waals surface area contributed by atoms with Crippen LogP contribution >= 0.6 is 12.4 Å². The van der Waals surface area contributed by atoms with E-state index in [-0.39, 0.29) is 24.1 Å². The van der Waals surface area contributed by atoms with Crippen LogP contribution in [0, 0.1) is 0 Å². The summed E-state index contributed by atoms with van der Waals surface area (Å²) in [6.07, 6.45) is 5.31. The van der Waals surface area contributed by atoms with E-state index in [0.717, 1.165) is 19.6 Å². The highest BCUT2D eigenvalue weighted by Gasteiger charge is 2.12. The molecule has 2 heterocycles. The first-order valence-electron chi connectivity index (χ1n) is 5.79. The van der Waals surface area contributed by atoms with Crippen LogP contribution in [0.3, 0.4) is 0 Å². The Hall–Kier alpha value is -1.00. The van der Waals surface area contributed by atoms with Gasteiger partial charge in [-0.05, 0) is 38.1 Å². The first-order chi connectivity index (χ1) is 7.86. The number of ether oxygens (including phenoxy) is 1. The third kappa shape index (κ3) is 4.40. The highest BCUT2D eigenvalue weighted by atomic mass is 35.5. The Morgan fingerprint density at radius 1 is 1.35 bits per heavy atom. The Morgan fingerprint density at radius 2 is 2.12 bits per heavy atom. The monoisotopic (exact) mass is 259 g/mol. The van der Waals surface area contributed by atoms with Crippen LogP contribution in [0.4, 0.5) is 0 Å². The van der Waals surface area contributed by atoms with E-state index in [9.17, 15) is 4.79 Å². The van der Waals surface area contributed by atoms with Crippen LogP contribution in [0.15, 0.2) is 22.8 Å². The highest BCUT2D eigenvalue weighted by Crippen LogP contribution is 2.08. The maximum atomic E-state index is 11.4. The number of rotatable bonds is 4. The molecule has 0 atom stereocenters. The Balaban J connectivity index is 0.00000144. The van der Waals surface area contributed by atoms with Crippen molar-refractivity contribution in [2.45, 2.75) is 19.3 Å². The molecule has 1 saturated heterocycles. The number of hydrogen-bond acceptors (Lipinski definition) is 4. The van der Waals surface area contributed by atoms with E-state index in [1.165, 1.54) is 25.5 Å². The highest BCUT2D eigenvalue weighted by molar-refractivity contribution is 5.86. The minimum Gasteiger partial charge on any atom is -0.458 e. The SMILES string of the molecule is Cl.O=C(OCCN1CCCCC1)c1ccco1. The van der Waals surface area contributed by atoms with E-state index < -0.39 is 0 Å². The number of furan rings is 1. The zero-order chi connectivity index (χ0) is 11.2. The first-order valence-corrected chi connectivity index (χ1v) is 5.79. The minimum atomic E-state index is -0.373. The van der Waals surface area contributed by atoms with Gasteiger partial charge in [-0.2, -0.15) is 0 Å². The molecule has 0 bridgehead atoms. The average Bonchev–Trinajstić information content (AvgIpc) is 2.84. The molecular weight excluding hydrogens is 242 g/mol. The van der Waals surface area contributed by atoms with Gasteiger partial charge in [-0.15, -0.1) is 12.4 Å². The quantitative estimate of drug-likeness (QED) is 0.779. The molecule has 4 nitrogen and oxygen atoms in total. The third-order valence-electron chi connectivity index (χ3n) is 2.81. The van der Waals surface area contributed by atoms with Crippen LogP contribution in [0.25, 0.3) is 0 Å². The lowest BCUT2D eigenvalue weighted by Crippen LogP contribution is -2.33. The Morgan fingerprint density at radius 3 is 2.76 bits per heavy atom. The second-order valence-electron chi connectivity index (χ2n) is 4.02. The summed E-state index contributed by atoms with van der Waals surface area (Å²) in [5, 5.41) is 0. The van der Waals surface area contributed by atoms with Gasteiger partial charge in [0.1, 0.15) is 6.61 Å². The number of halogens is 1. The van der Waals surface area contributed by atoms with Gasteiger partial charge in [0.25, 0.3) is 0 Å². The lowest BCUT2D eigenvalue weighted by atomic mass is 10.1. The number of hydrogen-bond donors (Lipinski definition) is 0. The van der Waals surface area contributed by atoms with Gasteiger partial charge in [-0.3, -0.25) is 4.90 Å². The molecule has 0 amide bonds. The lowest BCUT2D eigenvalue weighted by molar-refractivity contribution is 0.0417. The van der Waals surface area contributed by atoms with E-state index >= 15 is 0 Å². The third-order valence-corrected chi connectivity index (χ3v) is 2.81. The molecule has 17 heavy (non-hydrogen) atoms. The van der Waals surface area contributed by atoms with Crippen molar-refractivity contribution in [3.8, 4) is 0 Å². The van der Waals surface area contributed by atoms with E-state index in [4.69, 9.17) is 9.15 Å². The van der Waals surface area contributed by atoms with Crippen LogP contribution in [0.2, 0.25) is 0 Å².